The first-order chi connectivity index (χ1) is 9.36. The molecule has 2 aromatic rings. The second-order valence-corrected chi connectivity index (χ2v) is 4.00. The van der Waals surface area contributed by atoms with Gasteiger partial charge in [-0.15, -0.1) is 10.2 Å². The first-order valence-corrected chi connectivity index (χ1v) is 5.96. The summed E-state index contributed by atoms with van der Waals surface area (Å²) >= 11 is 0. The summed E-state index contributed by atoms with van der Waals surface area (Å²) in [7, 11) is 0. The molecule has 5 nitrogen and oxygen atoms in total. The Bertz CT molecular complexity index is 626. The van der Waals surface area contributed by atoms with E-state index in [0.717, 1.165) is 0 Å². The summed E-state index contributed by atoms with van der Waals surface area (Å²) in [6.07, 6.45) is 4.19. The van der Waals surface area contributed by atoms with E-state index < -0.39 is 0 Å². The SMILES string of the molecule is OCC/C=C/c1cc2c(nn1)Oc1ccccc1O2. The third-order valence-electron chi connectivity index (χ3n) is 2.61. The highest BCUT2D eigenvalue weighted by Crippen LogP contribution is 2.43. The summed E-state index contributed by atoms with van der Waals surface area (Å²) in [6, 6.07) is 9.15. The van der Waals surface area contributed by atoms with Crippen LogP contribution in [0.2, 0.25) is 0 Å². The smallest absolute Gasteiger partial charge is 0.282 e. The Morgan fingerprint density at radius 3 is 2.63 bits per heavy atom. The minimum absolute atomic E-state index is 0.113. The molecule has 0 saturated carbocycles. The van der Waals surface area contributed by atoms with Crippen molar-refractivity contribution in [3.8, 4) is 23.1 Å². The van der Waals surface area contributed by atoms with Gasteiger partial charge in [0.05, 0.1) is 5.69 Å². The fourth-order valence-corrected chi connectivity index (χ4v) is 1.72. The van der Waals surface area contributed by atoms with Crippen LogP contribution in [-0.2, 0) is 0 Å². The minimum atomic E-state index is 0.113. The van der Waals surface area contributed by atoms with Gasteiger partial charge < -0.3 is 14.6 Å². The van der Waals surface area contributed by atoms with Crippen molar-refractivity contribution in [3.63, 3.8) is 0 Å². The lowest BCUT2D eigenvalue weighted by molar-refractivity contribution is 0.303. The van der Waals surface area contributed by atoms with Crippen LogP contribution in [0.15, 0.2) is 36.4 Å². The van der Waals surface area contributed by atoms with Crippen LogP contribution < -0.4 is 9.47 Å². The number of hydrogen-bond acceptors (Lipinski definition) is 5. The topological polar surface area (TPSA) is 64.5 Å². The number of aliphatic hydroxyl groups is 1. The molecule has 96 valence electrons. The van der Waals surface area contributed by atoms with E-state index in [1.165, 1.54) is 0 Å². The molecule has 0 unspecified atom stereocenters. The molecule has 0 bridgehead atoms. The highest BCUT2D eigenvalue weighted by atomic mass is 16.6. The van der Waals surface area contributed by atoms with Crippen molar-refractivity contribution in [2.24, 2.45) is 0 Å². The molecule has 1 aliphatic heterocycles. The Labute approximate surface area is 110 Å². The van der Waals surface area contributed by atoms with Crippen LogP contribution in [0.1, 0.15) is 12.1 Å². The molecule has 0 spiro atoms. The number of para-hydroxylation sites is 2. The summed E-state index contributed by atoms with van der Waals surface area (Å²) in [5, 5.41) is 16.7. The van der Waals surface area contributed by atoms with Crippen LogP contribution in [-0.4, -0.2) is 21.9 Å². The van der Waals surface area contributed by atoms with Crippen LogP contribution in [0.5, 0.6) is 23.1 Å². The molecule has 0 saturated heterocycles. The van der Waals surface area contributed by atoms with E-state index in [0.29, 0.717) is 35.2 Å². The lowest BCUT2D eigenvalue weighted by Gasteiger charge is -2.18. The largest absolute Gasteiger partial charge is 0.448 e. The molecule has 1 aromatic heterocycles. The van der Waals surface area contributed by atoms with Gasteiger partial charge in [0.2, 0.25) is 0 Å². The van der Waals surface area contributed by atoms with Crippen molar-refractivity contribution in [3.05, 3.63) is 42.1 Å². The van der Waals surface area contributed by atoms with Gasteiger partial charge in [0.25, 0.3) is 5.88 Å². The molecule has 2 heterocycles. The Kier molecular flexibility index (Phi) is 3.12. The molecule has 0 aliphatic carbocycles. The predicted octanol–water partition coefficient (Wildman–Crippen LogP) is 2.77. The summed E-state index contributed by atoms with van der Waals surface area (Å²) in [4.78, 5) is 0. The van der Waals surface area contributed by atoms with Gasteiger partial charge in [-0.2, -0.15) is 0 Å². The predicted molar refractivity (Wildman–Crippen MR) is 69.4 cm³/mol. The first kappa shape index (κ1) is 11.7. The van der Waals surface area contributed by atoms with Crippen LogP contribution in [0.3, 0.4) is 0 Å². The van der Waals surface area contributed by atoms with Gasteiger partial charge in [0.1, 0.15) is 0 Å². The zero-order valence-corrected chi connectivity index (χ0v) is 10.1. The molecular formula is C14H12N2O3. The van der Waals surface area contributed by atoms with E-state index in [4.69, 9.17) is 14.6 Å². The average Bonchev–Trinajstić information content (AvgIpc) is 2.45. The molecule has 1 N–H and O–H groups in total. The summed E-state index contributed by atoms with van der Waals surface area (Å²) in [5.41, 5.74) is 0.662. The number of benzene rings is 1. The molecule has 0 radical (unpaired) electrons. The van der Waals surface area contributed by atoms with Crippen LogP contribution in [0.4, 0.5) is 0 Å². The maximum Gasteiger partial charge on any atom is 0.282 e. The zero-order valence-electron chi connectivity index (χ0n) is 10.1. The Morgan fingerprint density at radius 2 is 1.84 bits per heavy atom. The molecule has 0 atom stereocenters. The van der Waals surface area contributed by atoms with E-state index in [-0.39, 0.29) is 6.61 Å². The monoisotopic (exact) mass is 256 g/mol. The summed E-state index contributed by atoms with van der Waals surface area (Å²) < 4.78 is 11.3. The number of fused-ring (bicyclic) bond motifs is 2. The van der Waals surface area contributed by atoms with E-state index in [2.05, 4.69) is 10.2 Å². The highest BCUT2D eigenvalue weighted by Gasteiger charge is 2.20. The highest BCUT2D eigenvalue weighted by molar-refractivity contribution is 5.55. The molecule has 0 amide bonds. The molecule has 1 aliphatic rings. The average molecular weight is 256 g/mol. The third-order valence-corrected chi connectivity index (χ3v) is 2.61. The molecule has 19 heavy (non-hydrogen) atoms. The third kappa shape index (κ3) is 2.41. The Morgan fingerprint density at radius 1 is 1.05 bits per heavy atom. The first-order valence-electron chi connectivity index (χ1n) is 5.96. The number of rotatable bonds is 3. The van der Waals surface area contributed by atoms with Gasteiger partial charge in [-0.05, 0) is 24.6 Å². The number of nitrogens with zero attached hydrogens (tertiary/aromatic N) is 2. The molecule has 1 aromatic carbocycles. The zero-order chi connectivity index (χ0) is 13.1. The molecule has 5 heteroatoms. The second-order valence-electron chi connectivity index (χ2n) is 4.00. The van der Waals surface area contributed by atoms with Crippen molar-refractivity contribution in [1.29, 1.82) is 0 Å². The van der Waals surface area contributed by atoms with Crippen LogP contribution >= 0.6 is 0 Å². The van der Waals surface area contributed by atoms with Gasteiger partial charge in [0.15, 0.2) is 17.2 Å². The van der Waals surface area contributed by atoms with Crippen molar-refractivity contribution in [1.82, 2.24) is 10.2 Å². The minimum Gasteiger partial charge on any atom is -0.448 e. The Balaban J connectivity index is 1.87. The molecular weight excluding hydrogens is 244 g/mol. The van der Waals surface area contributed by atoms with Crippen molar-refractivity contribution in [2.75, 3.05) is 6.61 Å². The van der Waals surface area contributed by atoms with Crippen molar-refractivity contribution >= 4 is 6.08 Å². The fraction of sp³-hybridized carbons (Fsp3) is 0.143. The Hall–Kier alpha value is -2.40. The van der Waals surface area contributed by atoms with Crippen LogP contribution in [0, 0.1) is 0 Å². The fourth-order valence-electron chi connectivity index (χ4n) is 1.72. The van der Waals surface area contributed by atoms with Crippen molar-refractivity contribution < 1.29 is 14.6 Å². The van der Waals surface area contributed by atoms with E-state index in [1.54, 1.807) is 12.1 Å². The lowest BCUT2D eigenvalue weighted by atomic mass is 10.2. The standard InChI is InChI=1S/C14H12N2O3/c17-8-4-3-5-10-9-13-14(16-15-10)19-12-7-2-1-6-11(12)18-13/h1-3,5-7,9,17H,4,8H2/b5-3+. The maximum atomic E-state index is 8.71. The number of ether oxygens (including phenoxy) is 2. The summed E-state index contributed by atoms with van der Waals surface area (Å²) in [6.45, 7) is 0.113. The van der Waals surface area contributed by atoms with Crippen molar-refractivity contribution in [2.45, 2.75) is 6.42 Å². The van der Waals surface area contributed by atoms with Crippen LogP contribution in [0.25, 0.3) is 6.08 Å². The van der Waals surface area contributed by atoms with E-state index in [9.17, 15) is 0 Å². The summed E-state index contributed by atoms with van der Waals surface area (Å²) in [5.74, 6) is 2.19. The van der Waals surface area contributed by atoms with Gasteiger partial charge in [-0.25, -0.2) is 0 Å². The number of aliphatic hydroxyl groups excluding tert-OH is 1. The van der Waals surface area contributed by atoms with E-state index in [1.807, 2.05) is 30.3 Å². The van der Waals surface area contributed by atoms with Gasteiger partial charge in [-0.1, -0.05) is 18.2 Å². The van der Waals surface area contributed by atoms with Gasteiger partial charge >= 0.3 is 0 Å². The van der Waals surface area contributed by atoms with Gasteiger partial charge in [-0.3, -0.25) is 0 Å². The number of hydrogen-bond donors (Lipinski definition) is 1. The molecule has 3 rings (SSSR count). The molecule has 0 fully saturated rings. The number of aromatic nitrogens is 2. The van der Waals surface area contributed by atoms with E-state index >= 15 is 0 Å². The lowest BCUT2D eigenvalue weighted by Crippen LogP contribution is -2.02. The quantitative estimate of drug-likeness (QED) is 0.780. The second kappa shape index (κ2) is 5.07. The van der Waals surface area contributed by atoms with Gasteiger partial charge in [0, 0.05) is 12.7 Å². The maximum absolute atomic E-state index is 8.71. The normalized spacial score (nSPS) is 12.5.